The highest BCUT2D eigenvalue weighted by molar-refractivity contribution is 7.88. The molecule has 1 heterocycles. The van der Waals surface area contributed by atoms with E-state index in [4.69, 9.17) is 0 Å². The quantitative estimate of drug-likeness (QED) is 0.697. The number of carbonyl (C=O) groups excluding carboxylic acids is 1. The van der Waals surface area contributed by atoms with E-state index in [1.165, 1.54) is 18.3 Å². The maximum Gasteiger partial charge on any atom is 0.273 e. The van der Waals surface area contributed by atoms with Crippen LogP contribution in [0.1, 0.15) is 24.3 Å². The van der Waals surface area contributed by atoms with Crippen molar-refractivity contribution in [3.63, 3.8) is 0 Å². The molecule has 0 radical (unpaired) electrons. The summed E-state index contributed by atoms with van der Waals surface area (Å²) in [7, 11) is -3.37. The van der Waals surface area contributed by atoms with Gasteiger partial charge in [0.2, 0.25) is 10.0 Å². The van der Waals surface area contributed by atoms with E-state index in [9.17, 15) is 18.3 Å². The molecular weight excluding hydrogens is 270 g/mol. The molecule has 0 saturated carbocycles. The van der Waals surface area contributed by atoms with Crippen LogP contribution in [0.25, 0.3) is 0 Å². The van der Waals surface area contributed by atoms with Crippen molar-refractivity contribution >= 4 is 15.9 Å². The van der Waals surface area contributed by atoms with Crippen LogP contribution in [0, 0.1) is 0 Å². The maximum absolute atomic E-state index is 11.8. The van der Waals surface area contributed by atoms with Crippen LogP contribution < -0.4 is 10.0 Å². The van der Waals surface area contributed by atoms with Gasteiger partial charge in [0, 0.05) is 18.3 Å². The van der Waals surface area contributed by atoms with E-state index in [-0.39, 0.29) is 18.0 Å². The minimum Gasteiger partial charge on any atom is -0.505 e. The van der Waals surface area contributed by atoms with Gasteiger partial charge in [0.1, 0.15) is 5.75 Å². The molecule has 0 aliphatic heterocycles. The van der Waals surface area contributed by atoms with Gasteiger partial charge in [-0.3, -0.25) is 4.79 Å². The Kier molecular flexibility index (Phi) is 4.48. The molecule has 0 saturated heterocycles. The second kappa shape index (κ2) is 5.54. The largest absolute Gasteiger partial charge is 0.505 e. The summed E-state index contributed by atoms with van der Waals surface area (Å²) in [4.78, 5) is 15.5. The number of hydrogen-bond acceptors (Lipinski definition) is 5. The fourth-order valence-corrected chi connectivity index (χ4v) is 2.57. The number of nitrogens with zero attached hydrogens (tertiary/aromatic N) is 1. The average Bonchev–Trinajstić information content (AvgIpc) is 2.23. The average molecular weight is 287 g/mol. The minimum atomic E-state index is -3.37. The van der Waals surface area contributed by atoms with Crippen LogP contribution in [-0.4, -0.2) is 42.8 Å². The fraction of sp³-hybridized carbons (Fsp3) is 0.455. The predicted octanol–water partition coefficient (Wildman–Crippen LogP) is -0.155. The minimum absolute atomic E-state index is 0.0644. The van der Waals surface area contributed by atoms with Crippen LogP contribution in [0.5, 0.6) is 5.75 Å². The highest BCUT2D eigenvalue weighted by atomic mass is 32.2. The van der Waals surface area contributed by atoms with Crippen LogP contribution in [0.15, 0.2) is 18.3 Å². The molecule has 106 valence electrons. The van der Waals surface area contributed by atoms with Crippen LogP contribution in [0.3, 0.4) is 0 Å². The van der Waals surface area contributed by atoms with Crippen molar-refractivity contribution in [3.05, 3.63) is 24.0 Å². The highest BCUT2D eigenvalue weighted by Crippen LogP contribution is 2.12. The second-order valence-electron chi connectivity index (χ2n) is 4.81. The molecule has 0 unspecified atom stereocenters. The van der Waals surface area contributed by atoms with Crippen LogP contribution in [-0.2, 0) is 10.0 Å². The van der Waals surface area contributed by atoms with Gasteiger partial charge < -0.3 is 10.4 Å². The van der Waals surface area contributed by atoms with Crippen molar-refractivity contribution in [3.8, 4) is 5.75 Å². The SMILES string of the molecule is CC(C)(CNC(=O)c1ncccc1O)NS(C)(=O)=O. The number of aromatic nitrogens is 1. The molecule has 0 aromatic carbocycles. The van der Waals surface area contributed by atoms with Gasteiger partial charge in [0.05, 0.1) is 6.26 Å². The van der Waals surface area contributed by atoms with E-state index in [1.807, 2.05) is 0 Å². The summed E-state index contributed by atoms with van der Waals surface area (Å²) in [5.74, 6) is -0.796. The molecule has 1 amide bonds. The monoisotopic (exact) mass is 287 g/mol. The molecule has 1 aromatic rings. The lowest BCUT2D eigenvalue weighted by Gasteiger charge is -2.25. The molecule has 0 atom stereocenters. The Hall–Kier alpha value is -1.67. The number of sulfonamides is 1. The van der Waals surface area contributed by atoms with Gasteiger partial charge in [-0.2, -0.15) is 0 Å². The van der Waals surface area contributed by atoms with Crippen molar-refractivity contribution < 1.29 is 18.3 Å². The van der Waals surface area contributed by atoms with E-state index >= 15 is 0 Å². The topological polar surface area (TPSA) is 108 Å². The third-order valence-electron chi connectivity index (χ3n) is 2.15. The van der Waals surface area contributed by atoms with Crippen molar-refractivity contribution in [2.45, 2.75) is 19.4 Å². The van der Waals surface area contributed by atoms with E-state index < -0.39 is 21.5 Å². The molecule has 1 aromatic heterocycles. The Bertz CT molecular complexity index is 569. The van der Waals surface area contributed by atoms with Crippen molar-refractivity contribution in [2.24, 2.45) is 0 Å². The van der Waals surface area contributed by atoms with Crippen molar-refractivity contribution in [1.82, 2.24) is 15.0 Å². The number of carbonyl (C=O) groups is 1. The summed E-state index contributed by atoms with van der Waals surface area (Å²) in [6, 6.07) is 2.85. The van der Waals surface area contributed by atoms with Crippen LogP contribution in [0.4, 0.5) is 0 Å². The van der Waals surface area contributed by atoms with Crippen molar-refractivity contribution in [1.29, 1.82) is 0 Å². The van der Waals surface area contributed by atoms with E-state index in [2.05, 4.69) is 15.0 Å². The van der Waals surface area contributed by atoms with Crippen LogP contribution >= 0.6 is 0 Å². The zero-order chi connectivity index (χ0) is 14.7. The van der Waals surface area contributed by atoms with Crippen LogP contribution in [0.2, 0.25) is 0 Å². The zero-order valence-corrected chi connectivity index (χ0v) is 11.8. The van der Waals surface area contributed by atoms with Gasteiger partial charge in [-0.1, -0.05) is 0 Å². The summed E-state index contributed by atoms with van der Waals surface area (Å²) in [5, 5.41) is 12.0. The molecule has 8 heteroatoms. The van der Waals surface area contributed by atoms with E-state index in [0.717, 1.165) is 6.26 Å². The van der Waals surface area contributed by atoms with Gasteiger partial charge in [0.15, 0.2) is 5.69 Å². The number of rotatable bonds is 5. The Labute approximate surface area is 112 Å². The molecule has 0 aliphatic carbocycles. The molecule has 19 heavy (non-hydrogen) atoms. The summed E-state index contributed by atoms with van der Waals surface area (Å²) >= 11 is 0. The molecule has 0 aliphatic rings. The van der Waals surface area contributed by atoms with E-state index in [0.29, 0.717) is 0 Å². The van der Waals surface area contributed by atoms with E-state index in [1.54, 1.807) is 13.8 Å². The number of pyridine rings is 1. The molecule has 1 rings (SSSR count). The number of nitrogens with one attached hydrogen (secondary N) is 2. The first-order chi connectivity index (χ1) is 8.61. The standard InChI is InChI=1S/C11H17N3O4S/c1-11(2,14-19(3,17)18)7-13-10(16)9-8(15)5-4-6-12-9/h4-6,14-15H,7H2,1-3H3,(H,13,16). The summed E-state index contributed by atoms with van der Waals surface area (Å²) in [6.45, 7) is 3.33. The Balaban J connectivity index is 2.67. The first-order valence-corrected chi connectivity index (χ1v) is 7.41. The van der Waals surface area contributed by atoms with Gasteiger partial charge in [0.25, 0.3) is 5.91 Å². The second-order valence-corrected chi connectivity index (χ2v) is 6.56. The zero-order valence-electron chi connectivity index (χ0n) is 11.0. The third-order valence-corrected chi connectivity index (χ3v) is 3.08. The number of hydrogen-bond donors (Lipinski definition) is 3. The first kappa shape index (κ1) is 15.4. The Morgan fingerprint density at radius 1 is 1.47 bits per heavy atom. The lowest BCUT2D eigenvalue weighted by atomic mass is 10.1. The number of amides is 1. The van der Waals surface area contributed by atoms with Gasteiger partial charge in [-0.15, -0.1) is 0 Å². The molecule has 0 bridgehead atoms. The Morgan fingerprint density at radius 2 is 2.11 bits per heavy atom. The normalized spacial score (nSPS) is 12.2. The molecule has 3 N–H and O–H groups in total. The molecular formula is C11H17N3O4S. The predicted molar refractivity (Wildman–Crippen MR) is 70.3 cm³/mol. The Morgan fingerprint density at radius 3 is 2.63 bits per heavy atom. The first-order valence-electron chi connectivity index (χ1n) is 5.52. The third kappa shape index (κ3) is 5.23. The summed E-state index contributed by atoms with van der Waals surface area (Å²) < 4.78 is 24.7. The molecule has 7 nitrogen and oxygen atoms in total. The lowest BCUT2D eigenvalue weighted by Crippen LogP contribution is -2.51. The lowest BCUT2D eigenvalue weighted by molar-refractivity contribution is 0.0936. The number of aromatic hydroxyl groups is 1. The fourth-order valence-electron chi connectivity index (χ4n) is 1.49. The smallest absolute Gasteiger partial charge is 0.273 e. The molecule has 0 spiro atoms. The summed E-state index contributed by atoms with van der Waals surface area (Å²) in [5.41, 5.74) is -0.939. The van der Waals surface area contributed by atoms with Gasteiger partial charge in [-0.25, -0.2) is 18.1 Å². The molecule has 0 fully saturated rings. The summed E-state index contributed by atoms with van der Waals surface area (Å²) in [6.07, 6.45) is 2.43. The van der Waals surface area contributed by atoms with Gasteiger partial charge in [-0.05, 0) is 26.0 Å². The maximum atomic E-state index is 11.8. The van der Waals surface area contributed by atoms with Gasteiger partial charge >= 0.3 is 0 Å². The van der Waals surface area contributed by atoms with Crippen molar-refractivity contribution in [2.75, 3.05) is 12.8 Å². The highest BCUT2D eigenvalue weighted by Gasteiger charge is 2.23.